The largest absolute Gasteiger partial charge is 0.481 e. The van der Waals surface area contributed by atoms with E-state index in [0.29, 0.717) is 23.7 Å². The molecule has 6 aliphatic rings. The van der Waals surface area contributed by atoms with Gasteiger partial charge in [0, 0.05) is 5.41 Å². The zero-order valence-corrected chi connectivity index (χ0v) is 23.2. The SMILES string of the molecule is C=C(C)[C@@H]1CC[C@]2(C(=O)O)CC[C@]3(C)[C@H](CC[C@@H]4[C@@]5(C)CC6C(=O)ON=C6C(C)(C)[C@@H]5CC[C@]43C)[C@@H]12. The van der Waals surface area contributed by atoms with Crippen molar-refractivity contribution >= 4 is 17.7 Å². The second-order valence-electron chi connectivity index (χ2n) is 15.0. The summed E-state index contributed by atoms with van der Waals surface area (Å²) in [6.45, 7) is 18.6. The summed E-state index contributed by atoms with van der Waals surface area (Å²) in [4.78, 5) is 30.9. The molecule has 5 saturated carbocycles. The van der Waals surface area contributed by atoms with Gasteiger partial charge in [0.05, 0.1) is 11.1 Å². The van der Waals surface area contributed by atoms with Gasteiger partial charge in [-0.3, -0.25) is 4.79 Å². The molecule has 1 N–H and O–H groups in total. The maximum atomic E-state index is 12.8. The number of carboxylic acids is 1. The highest BCUT2D eigenvalue weighted by molar-refractivity contribution is 6.08. The highest BCUT2D eigenvalue weighted by Crippen LogP contribution is 2.77. The van der Waals surface area contributed by atoms with Crippen molar-refractivity contribution in [1.29, 1.82) is 0 Å². The third-order valence-electron chi connectivity index (χ3n) is 13.8. The van der Waals surface area contributed by atoms with E-state index in [1.807, 2.05) is 0 Å². The predicted molar refractivity (Wildman–Crippen MR) is 139 cm³/mol. The van der Waals surface area contributed by atoms with Crippen LogP contribution in [-0.4, -0.2) is 22.8 Å². The van der Waals surface area contributed by atoms with Crippen molar-refractivity contribution < 1.29 is 19.5 Å². The van der Waals surface area contributed by atoms with Gasteiger partial charge in [-0.1, -0.05) is 51.9 Å². The number of carbonyl (C=O) groups is 2. The molecule has 0 bridgehead atoms. The summed E-state index contributed by atoms with van der Waals surface area (Å²) in [5, 5.41) is 14.9. The minimum absolute atomic E-state index is 0.0439. The molecule has 5 fully saturated rings. The van der Waals surface area contributed by atoms with Gasteiger partial charge in [-0.05, 0) is 111 Å². The number of rotatable bonds is 2. The second-order valence-corrected chi connectivity index (χ2v) is 15.0. The molecule has 0 spiro atoms. The molecule has 0 aromatic rings. The zero-order chi connectivity index (χ0) is 26.1. The Balaban J connectivity index is 1.42. The molecular weight excluding hydrogens is 450 g/mol. The topological polar surface area (TPSA) is 76.0 Å². The maximum absolute atomic E-state index is 12.8. The van der Waals surface area contributed by atoms with Gasteiger partial charge < -0.3 is 9.94 Å². The molecule has 5 nitrogen and oxygen atoms in total. The molecule has 0 amide bonds. The average molecular weight is 496 g/mol. The lowest BCUT2D eigenvalue weighted by Crippen LogP contribution is -2.67. The minimum Gasteiger partial charge on any atom is -0.481 e. The van der Waals surface area contributed by atoms with E-state index in [1.165, 1.54) is 12.0 Å². The first-order valence-electron chi connectivity index (χ1n) is 14.4. The van der Waals surface area contributed by atoms with E-state index >= 15 is 0 Å². The summed E-state index contributed by atoms with van der Waals surface area (Å²) in [7, 11) is 0. The molecule has 1 heterocycles. The van der Waals surface area contributed by atoms with Crippen LogP contribution in [0, 0.1) is 62.6 Å². The van der Waals surface area contributed by atoms with Crippen LogP contribution in [0.3, 0.4) is 0 Å². The number of allylic oxidation sites excluding steroid dienone is 1. The first kappa shape index (κ1) is 24.7. The standard InChI is InChI=1S/C31H45NO4/c1-17(2)18-10-13-31(26(34)35)15-14-29(6)20(23(18)31)8-9-22-28(5)16-19-24(32-36-25(19)33)27(3,4)21(28)11-12-30(22,29)7/h18-23H,1,8-16H2,2-7H3,(H,34,35)/t18-,19?,20+,21-,22+,23+,28-,29+,30+,31-/m0/s1. The van der Waals surface area contributed by atoms with E-state index in [2.05, 4.69) is 53.3 Å². The average Bonchev–Trinajstić information content (AvgIpc) is 3.36. The van der Waals surface area contributed by atoms with Crippen molar-refractivity contribution in [2.24, 2.45) is 67.7 Å². The summed E-state index contributed by atoms with van der Waals surface area (Å²) in [6.07, 6.45) is 8.94. The molecule has 1 aliphatic heterocycles. The molecular formula is C31H45NO4. The lowest BCUT2D eigenvalue weighted by atomic mass is 9.32. The fraction of sp³-hybridized carbons (Fsp3) is 0.839. The molecule has 1 unspecified atom stereocenters. The Morgan fingerprint density at radius 2 is 1.69 bits per heavy atom. The number of hydrogen-bond acceptors (Lipinski definition) is 4. The van der Waals surface area contributed by atoms with Gasteiger partial charge in [0.15, 0.2) is 0 Å². The summed E-state index contributed by atoms with van der Waals surface area (Å²) >= 11 is 0. The Bertz CT molecular complexity index is 1080. The lowest BCUT2D eigenvalue weighted by molar-refractivity contribution is -0.232. The van der Waals surface area contributed by atoms with Gasteiger partial charge >= 0.3 is 11.9 Å². The van der Waals surface area contributed by atoms with Crippen LogP contribution in [0.2, 0.25) is 0 Å². The van der Waals surface area contributed by atoms with Crippen molar-refractivity contribution in [3.8, 4) is 0 Å². The fourth-order valence-corrected chi connectivity index (χ4v) is 12.0. The summed E-state index contributed by atoms with van der Waals surface area (Å²) in [5.74, 6) is 0.983. The highest BCUT2D eigenvalue weighted by atomic mass is 16.7. The van der Waals surface area contributed by atoms with E-state index in [4.69, 9.17) is 4.84 Å². The molecule has 5 aliphatic carbocycles. The van der Waals surface area contributed by atoms with Crippen LogP contribution >= 0.6 is 0 Å². The van der Waals surface area contributed by atoms with Crippen molar-refractivity contribution in [3.63, 3.8) is 0 Å². The number of hydrogen-bond donors (Lipinski definition) is 1. The van der Waals surface area contributed by atoms with E-state index in [0.717, 1.165) is 57.1 Å². The number of carboxylic acid groups (broad SMARTS) is 1. The quantitative estimate of drug-likeness (QED) is 0.335. The molecule has 10 atom stereocenters. The molecule has 0 aromatic carbocycles. The third-order valence-corrected chi connectivity index (χ3v) is 13.8. The third kappa shape index (κ3) is 2.66. The van der Waals surface area contributed by atoms with Crippen LogP contribution in [0.25, 0.3) is 0 Å². The number of aliphatic carboxylic acids is 1. The van der Waals surface area contributed by atoms with Crippen LogP contribution in [0.4, 0.5) is 0 Å². The number of nitrogens with zero attached hydrogens (tertiary/aromatic N) is 1. The van der Waals surface area contributed by atoms with Gasteiger partial charge in [-0.15, -0.1) is 0 Å². The smallest absolute Gasteiger partial charge is 0.343 e. The van der Waals surface area contributed by atoms with Gasteiger partial charge in [0.25, 0.3) is 0 Å². The van der Waals surface area contributed by atoms with Crippen molar-refractivity contribution in [2.45, 2.75) is 99.3 Å². The molecule has 0 aromatic heterocycles. The van der Waals surface area contributed by atoms with E-state index in [-0.39, 0.29) is 39.5 Å². The summed E-state index contributed by atoms with van der Waals surface area (Å²) in [5.41, 5.74) is 1.69. The van der Waals surface area contributed by atoms with Crippen LogP contribution in [0.5, 0.6) is 0 Å². The first-order valence-corrected chi connectivity index (χ1v) is 14.4. The number of carbonyl (C=O) groups excluding carboxylic acids is 1. The van der Waals surface area contributed by atoms with Crippen molar-refractivity contribution in [3.05, 3.63) is 12.2 Å². The van der Waals surface area contributed by atoms with Crippen LogP contribution in [0.1, 0.15) is 99.3 Å². The van der Waals surface area contributed by atoms with Crippen LogP contribution in [-0.2, 0) is 14.4 Å². The lowest BCUT2D eigenvalue weighted by Gasteiger charge is -2.72. The normalized spacial score (nSPS) is 52.6. The van der Waals surface area contributed by atoms with Gasteiger partial charge in [0.1, 0.15) is 5.92 Å². The zero-order valence-electron chi connectivity index (χ0n) is 23.2. The minimum atomic E-state index is -0.579. The van der Waals surface area contributed by atoms with Crippen LogP contribution in [0.15, 0.2) is 17.3 Å². The first-order chi connectivity index (χ1) is 16.7. The monoisotopic (exact) mass is 495 g/mol. The summed E-state index contributed by atoms with van der Waals surface area (Å²) in [6, 6.07) is 0. The van der Waals surface area contributed by atoms with Crippen molar-refractivity contribution in [2.75, 3.05) is 0 Å². The van der Waals surface area contributed by atoms with E-state index in [1.54, 1.807) is 0 Å². The highest BCUT2D eigenvalue weighted by Gasteiger charge is 2.73. The molecule has 198 valence electrons. The molecule has 6 rings (SSSR count). The number of oxime groups is 1. The van der Waals surface area contributed by atoms with Gasteiger partial charge in [0.2, 0.25) is 0 Å². The second kappa shape index (κ2) is 7.26. The predicted octanol–water partition coefficient (Wildman–Crippen LogP) is 6.87. The maximum Gasteiger partial charge on any atom is 0.343 e. The fourth-order valence-electron chi connectivity index (χ4n) is 12.0. The number of fused-ring (bicyclic) bond motifs is 8. The van der Waals surface area contributed by atoms with Crippen molar-refractivity contribution in [1.82, 2.24) is 0 Å². The van der Waals surface area contributed by atoms with Crippen LogP contribution < -0.4 is 0 Å². The van der Waals surface area contributed by atoms with E-state index in [9.17, 15) is 14.7 Å². The molecule has 5 heteroatoms. The Morgan fingerprint density at radius 3 is 2.36 bits per heavy atom. The Morgan fingerprint density at radius 1 is 0.972 bits per heavy atom. The molecule has 0 radical (unpaired) electrons. The molecule has 36 heavy (non-hydrogen) atoms. The van der Waals surface area contributed by atoms with Gasteiger partial charge in [-0.2, -0.15) is 0 Å². The van der Waals surface area contributed by atoms with Gasteiger partial charge in [-0.25, -0.2) is 4.79 Å². The van der Waals surface area contributed by atoms with E-state index < -0.39 is 11.4 Å². The Kier molecular flexibility index (Phi) is 4.97. The molecule has 0 saturated heterocycles. The Labute approximate surface area is 216 Å². The Hall–Kier alpha value is -1.65. The summed E-state index contributed by atoms with van der Waals surface area (Å²) < 4.78 is 0.